The second kappa shape index (κ2) is 8.47. The number of fused-ring (bicyclic) bond motifs is 1. The average Bonchev–Trinajstić information content (AvgIpc) is 3.20. The van der Waals surface area contributed by atoms with E-state index in [1.54, 1.807) is 24.3 Å². The van der Waals surface area contributed by atoms with Crippen LogP contribution in [-0.4, -0.2) is 36.3 Å². The highest BCUT2D eigenvalue weighted by atomic mass is 16.3. The van der Waals surface area contributed by atoms with Crippen LogP contribution in [0.5, 0.6) is 5.75 Å². The molecule has 10 heteroatoms. The lowest BCUT2D eigenvalue weighted by Crippen LogP contribution is -2.40. The van der Waals surface area contributed by atoms with Crippen LogP contribution < -0.4 is 5.32 Å². The Morgan fingerprint density at radius 1 is 1.15 bits per heavy atom. The smallest absolute Gasteiger partial charge is 0.255 e. The normalized spacial score (nSPS) is 11.6. The van der Waals surface area contributed by atoms with Gasteiger partial charge in [-0.1, -0.05) is 24.3 Å². The van der Waals surface area contributed by atoms with E-state index in [4.69, 9.17) is 0 Å². The molecule has 0 unspecified atom stereocenters. The molecular weight excluding hydrogens is 420 g/mol. The second-order valence-corrected chi connectivity index (χ2v) is 8.20. The van der Waals surface area contributed by atoms with Gasteiger partial charge in [0.25, 0.3) is 11.9 Å². The fourth-order valence-corrected chi connectivity index (χ4v) is 3.16. The van der Waals surface area contributed by atoms with Gasteiger partial charge < -0.3 is 10.4 Å². The molecule has 0 atom stereocenters. The van der Waals surface area contributed by atoms with Crippen molar-refractivity contribution in [3.8, 4) is 17.8 Å². The summed E-state index contributed by atoms with van der Waals surface area (Å²) in [6.07, 6.45) is 4.40. The maximum Gasteiger partial charge on any atom is 0.255 e. The Kier molecular flexibility index (Phi) is 5.54. The fourth-order valence-electron chi connectivity index (χ4n) is 3.16. The van der Waals surface area contributed by atoms with E-state index < -0.39 is 11.4 Å². The number of aromatic nitrogens is 4. The standard InChI is InChI=1S/C23H20N8O2/c1-23(2,3)28-21(33)17-11-14-7-4-5-8-16(14)18(19(17)32)29-30-20-15(12-24)13-27-31(20)22-25-9-6-10-26-22/h4-11,13,32H,1-3H3,(H,28,33). The van der Waals surface area contributed by atoms with Gasteiger partial charge in [-0.25, -0.2) is 9.97 Å². The zero-order chi connectivity index (χ0) is 23.6. The van der Waals surface area contributed by atoms with Crippen molar-refractivity contribution in [3.63, 3.8) is 0 Å². The summed E-state index contributed by atoms with van der Waals surface area (Å²) in [5.41, 5.74) is -0.187. The Morgan fingerprint density at radius 2 is 1.88 bits per heavy atom. The van der Waals surface area contributed by atoms with Crippen molar-refractivity contribution in [2.45, 2.75) is 26.3 Å². The van der Waals surface area contributed by atoms with Gasteiger partial charge in [0.15, 0.2) is 11.6 Å². The van der Waals surface area contributed by atoms with E-state index in [9.17, 15) is 15.2 Å². The Balaban J connectivity index is 1.87. The molecule has 1 amide bonds. The quantitative estimate of drug-likeness (QED) is 0.452. The number of nitrogens with one attached hydrogen (secondary N) is 1. The first kappa shape index (κ1) is 21.6. The zero-order valence-corrected chi connectivity index (χ0v) is 18.2. The van der Waals surface area contributed by atoms with Crippen molar-refractivity contribution in [1.29, 1.82) is 5.26 Å². The molecule has 164 valence electrons. The SMILES string of the molecule is CC(C)(C)NC(=O)c1cc2ccccc2c(N=Nc2c(C#N)cnn2-c2ncccn2)c1O. The molecule has 2 aromatic heterocycles. The van der Waals surface area contributed by atoms with Gasteiger partial charge in [0.05, 0.1) is 11.8 Å². The molecule has 0 saturated heterocycles. The number of hydrogen-bond donors (Lipinski definition) is 2. The maximum absolute atomic E-state index is 12.8. The first-order valence-electron chi connectivity index (χ1n) is 10.0. The minimum absolute atomic E-state index is 0.0676. The van der Waals surface area contributed by atoms with Crippen molar-refractivity contribution in [2.24, 2.45) is 10.2 Å². The number of aromatic hydroxyl groups is 1. The molecule has 2 heterocycles. The molecule has 0 aliphatic heterocycles. The van der Waals surface area contributed by atoms with Crippen molar-refractivity contribution in [2.75, 3.05) is 0 Å². The number of carbonyl (C=O) groups excluding carboxylic acids is 1. The van der Waals surface area contributed by atoms with Crippen molar-refractivity contribution in [1.82, 2.24) is 25.1 Å². The lowest BCUT2D eigenvalue weighted by Gasteiger charge is -2.21. The van der Waals surface area contributed by atoms with Crippen LogP contribution in [0, 0.1) is 11.3 Å². The van der Waals surface area contributed by atoms with E-state index >= 15 is 0 Å². The van der Waals surface area contributed by atoms with Crippen LogP contribution in [0.1, 0.15) is 36.7 Å². The Labute approximate surface area is 189 Å². The minimum Gasteiger partial charge on any atom is -0.505 e. The predicted octanol–water partition coefficient (Wildman–Crippen LogP) is 4.34. The van der Waals surface area contributed by atoms with Gasteiger partial charge in [-0.15, -0.1) is 10.2 Å². The third-order valence-corrected chi connectivity index (χ3v) is 4.58. The summed E-state index contributed by atoms with van der Waals surface area (Å²) in [6.45, 7) is 5.54. The van der Waals surface area contributed by atoms with Gasteiger partial charge in [-0.3, -0.25) is 4.79 Å². The number of nitrogens with zero attached hydrogens (tertiary/aromatic N) is 7. The molecule has 33 heavy (non-hydrogen) atoms. The molecule has 0 aliphatic rings. The molecular formula is C23H20N8O2. The van der Waals surface area contributed by atoms with Crippen LogP contribution in [0.15, 0.2) is 65.2 Å². The van der Waals surface area contributed by atoms with Gasteiger partial charge in [0.2, 0.25) is 0 Å². The summed E-state index contributed by atoms with van der Waals surface area (Å²) in [4.78, 5) is 21.1. The van der Waals surface area contributed by atoms with Gasteiger partial charge in [-0.2, -0.15) is 15.0 Å². The second-order valence-electron chi connectivity index (χ2n) is 8.20. The van der Waals surface area contributed by atoms with Gasteiger partial charge in [0.1, 0.15) is 17.3 Å². The lowest BCUT2D eigenvalue weighted by atomic mass is 10.0. The summed E-state index contributed by atoms with van der Waals surface area (Å²) < 4.78 is 1.28. The first-order chi connectivity index (χ1) is 15.8. The monoisotopic (exact) mass is 440 g/mol. The molecule has 2 aromatic carbocycles. The Hall–Kier alpha value is -4.65. The summed E-state index contributed by atoms with van der Waals surface area (Å²) >= 11 is 0. The van der Waals surface area contributed by atoms with E-state index in [-0.39, 0.29) is 34.3 Å². The lowest BCUT2D eigenvalue weighted by molar-refractivity contribution is 0.0917. The number of benzene rings is 2. The topological polar surface area (TPSA) is 141 Å². The summed E-state index contributed by atoms with van der Waals surface area (Å²) in [5.74, 6) is -0.459. The number of rotatable bonds is 4. The van der Waals surface area contributed by atoms with Gasteiger partial charge in [-0.05, 0) is 38.3 Å². The zero-order valence-electron chi connectivity index (χ0n) is 18.2. The largest absolute Gasteiger partial charge is 0.505 e. The molecule has 0 bridgehead atoms. The highest BCUT2D eigenvalue weighted by Gasteiger charge is 2.22. The van der Waals surface area contributed by atoms with Gasteiger partial charge >= 0.3 is 0 Å². The number of hydrogen-bond acceptors (Lipinski definition) is 8. The van der Waals surface area contributed by atoms with Crippen LogP contribution in [0.2, 0.25) is 0 Å². The molecule has 0 aliphatic carbocycles. The predicted molar refractivity (Wildman–Crippen MR) is 121 cm³/mol. The molecule has 0 radical (unpaired) electrons. The van der Waals surface area contributed by atoms with Crippen LogP contribution in [-0.2, 0) is 0 Å². The number of azo groups is 1. The molecule has 10 nitrogen and oxygen atoms in total. The minimum atomic E-state index is -0.499. The number of phenols is 1. The van der Waals surface area contributed by atoms with Gasteiger partial charge in [0, 0.05) is 23.3 Å². The maximum atomic E-state index is 12.8. The van der Waals surface area contributed by atoms with Crippen LogP contribution >= 0.6 is 0 Å². The Morgan fingerprint density at radius 3 is 2.58 bits per heavy atom. The highest BCUT2D eigenvalue weighted by Crippen LogP contribution is 2.39. The van der Waals surface area contributed by atoms with Crippen LogP contribution in [0.3, 0.4) is 0 Å². The number of nitriles is 1. The van der Waals surface area contributed by atoms with E-state index in [0.29, 0.717) is 10.8 Å². The molecule has 4 aromatic rings. The molecule has 0 fully saturated rings. The van der Waals surface area contributed by atoms with Crippen molar-refractivity contribution < 1.29 is 9.90 Å². The molecule has 4 rings (SSSR count). The molecule has 2 N–H and O–H groups in total. The van der Waals surface area contributed by atoms with E-state index in [2.05, 4.69) is 30.6 Å². The third kappa shape index (κ3) is 4.38. The average molecular weight is 440 g/mol. The van der Waals surface area contributed by atoms with Crippen molar-refractivity contribution >= 4 is 28.2 Å². The van der Waals surface area contributed by atoms with Crippen LogP contribution in [0.4, 0.5) is 11.5 Å². The summed E-state index contributed by atoms with van der Waals surface area (Å²) in [6, 6.07) is 12.4. The fraction of sp³-hybridized carbons (Fsp3) is 0.174. The first-order valence-corrected chi connectivity index (χ1v) is 10.0. The van der Waals surface area contributed by atoms with Crippen molar-refractivity contribution in [3.05, 3.63) is 66.1 Å². The van der Waals surface area contributed by atoms with E-state index in [1.165, 1.54) is 23.3 Å². The summed E-state index contributed by atoms with van der Waals surface area (Å²) in [5, 5.41) is 37.1. The third-order valence-electron chi connectivity index (χ3n) is 4.58. The number of carbonyl (C=O) groups is 1. The summed E-state index contributed by atoms with van der Waals surface area (Å²) in [7, 11) is 0. The number of amides is 1. The Bertz CT molecular complexity index is 1410. The highest BCUT2D eigenvalue weighted by molar-refractivity contribution is 6.06. The van der Waals surface area contributed by atoms with E-state index in [0.717, 1.165) is 0 Å². The molecule has 0 spiro atoms. The number of phenolic OH excluding ortho intramolecular Hbond substituents is 1. The van der Waals surface area contributed by atoms with Crippen LogP contribution in [0.25, 0.3) is 16.7 Å². The molecule has 0 saturated carbocycles. The van der Waals surface area contributed by atoms with E-state index in [1.807, 2.05) is 39.0 Å².